The van der Waals surface area contributed by atoms with Gasteiger partial charge in [0.2, 0.25) is 5.91 Å². The van der Waals surface area contributed by atoms with Crippen LogP contribution in [0.1, 0.15) is 111 Å². The van der Waals surface area contributed by atoms with Crippen molar-refractivity contribution in [3.05, 3.63) is 22.8 Å². The fourth-order valence-corrected chi connectivity index (χ4v) is 4.48. The van der Waals surface area contributed by atoms with E-state index in [9.17, 15) is 14.4 Å². The van der Waals surface area contributed by atoms with E-state index in [0.29, 0.717) is 44.0 Å². The molecular formula is C26H42N4O4. The van der Waals surface area contributed by atoms with Gasteiger partial charge in [0.05, 0.1) is 12.3 Å². The molecule has 1 saturated heterocycles. The summed E-state index contributed by atoms with van der Waals surface area (Å²) in [7, 11) is 0. The number of amides is 2. The summed E-state index contributed by atoms with van der Waals surface area (Å²) in [6.07, 6.45) is 8.79. The van der Waals surface area contributed by atoms with E-state index >= 15 is 0 Å². The van der Waals surface area contributed by atoms with E-state index in [2.05, 4.69) is 16.9 Å². The summed E-state index contributed by atoms with van der Waals surface area (Å²) in [5.74, 6) is -0.248. The Balaban J connectivity index is 2.08. The Bertz CT molecular complexity index is 842. The lowest BCUT2D eigenvalue weighted by Crippen LogP contribution is -2.55. The summed E-state index contributed by atoms with van der Waals surface area (Å²) >= 11 is 0. The number of nitrogens with zero attached hydrogens (tertiary/aromatic N) is 4. The molecule has 0 spiro atoms. The molecule has 8 nitrogen and oxygen atoms in total. The van der Waals surface area contributed by atoms with Crippen molar-refractivity contribution in [3.8, 4) is 0 Å². The second-order valence-electron chi connectivity index (χ2n) is 9.12. The lowest BCUT2D eigenvalue weighted by molar-refractivity contribution is -0.135. The van der Waals surface area contributed by atoms with E-state index in [1.807, 2.05) is 18.7 Å². The van der Waals surface area contributed by atoms with Gasteiger partial charge in [-0.3, -0.25) is 9.59 Å². The van der Waals surface area contributed by atoms with E-state index in [4.69, 9.17) is 4.74 Å². The molecule has 190 valence electrons. The molecule has 1 aliphatic rings. The van der Waals surface area contributed by atoms with Gasteiger partial charge in [-0.05, 0) is 33.6 Å². The molecule has 0 bridgehead atoms. The van der Waals surface area contributed by atoms with Crippen LogP contribution in [0.5, 0.6) is 0 Å². The highest BCUT2D eigenvalue weighted by Gasteiger charge is 2.33. The second kappa shape index (κ2) is 14.0. The molecule has 34 heavy (non-hydrogen) atoms. The van der Waals surface area contributed by atoms with Crippen LogP contribution in [0.3, 0.4) is 0 Å². The standard InChI is InChI=1S/C26H42N4O4/c1-6-9-10-11-12-13-15-22(31)30-17-16-29(18-19(30)4)25(32)24-23(26(33)34-8-3)21(14-7-2)27-20(5)28-24/h19H,6-18H2,1-5H3. The van der Waals surface area contributed by atoms with Gasteiger partial charge in [-0.25, -0.2) is 14.8 Å². The topological polar surface area (TPSA) is 92.7 Å². The molecule has 1 aromatic rings. The number of piperazine rings is 1. The first-order valence-corrected chi connectivity index (χ1v) is 13.0. The maximum Gasteiger partial charge on any atom is 0.342 e. The van der Waals surface area contributed by atoms with Crippen LogP contribution in [0.4, 0.5) is 0 Å². The summed E-state index contributed by atoms with van der Waals surface area (Å²) in [6, 6.07) is -0.0885. The van der Waals surface area contributed by atoms with Crippen molar-refractivity contribution < 1.29 is 19.1 Å². The van der Waals surface area contributed by atoms with Crippen LogP contribution in [0.25, 0.3) is 0 Å². The third-order valence-corrected chi connectivity index (χ3v) is 6.24. The summed E-state index contributed by atoms with van der Waals surface area (Å²) in [4.78, 5) is 51.3. The van der Waals surface area contributed by atoms with E-state index in [1.165, 1.54) is 25.7 Å². The Hall–Kier alpha value is -2.51. The molecule has 0 aromatic carbocycles. The van der Waals surface area contributed by atoms with E-state index in [0.717, 1.165) is 19.3 Å². The van der Waals surface area contributed by atoms with Gasteiger partial charge in [0.15, 0.2) is 0 Å². The van der Waals surface area contributed by atoms with E-state index in [-0.39, 0.29) is 35.7 Å². The summed E-state index contributed by atoms with van der Waals surface area (Å²) < 4.78 is 5.23. The third kappa shape index (κ3) is 7.50. The van der Waals surface area contributed by atoms with Gasteiger partial charge in [-0.2, -0.15) is 0 Å². The van der Waals surface area contributed by atoms with Crippen LogP contribution in [0.2, 0.25) is 0 Å². The van der Waals surface area contributed by atoms with Crippen molar-refractivity contribution in [1.82, 2.24) is 19.8 Å². The third-order valence-electron chi connectivity index (χ3n) is 6.24. The number of ether oxygens (including phenoxy) is 1. The SMILES string of the molecule is CCCCCCCCC(=O)N1CCN(C(=O)c2nc(C)nc(CCC)c2C(=O)OCC)CC1C. The Morgan fingerprint density at radius 2 is 1.68 bits per heavy atom. The molecule has 0 aliphatic carbocycles. The zero-order chi connectivity index (χ0) is 25.1. The van der Waals surface area contributed by atoms with Crippen molar-refractivity contribution >= 4 is 17.8 Å². The average Bonchev–Trinajstić information content (AvgIpc) is 2.80. The number of carbonyl (C=O) groups is 3. The van der Waals surface area contributed by atoms with Crippen LogP contribution < -0.4 is 0 Å². The van der Waals surface area contributed by atoms with Crippen molar-refractivity contribution in [3.63, 3.8) is 0 Å². The molecule has 2 rings (SSSR count). The molecular weight excluding hydrogens is 432 g/mol. The van der Waals surface area contributed by atoms with Gasteiger partial charge in [-0.15, -0.1) is 0 Å². The fourth-order valence-electron chi connectivity index (χ4n) is 4.48. The van der Waals surface area contributed by atoms with Gasteiger partial charge in [-0.1, -0.05) is 52.4 Å². The van der Waals surface area contributed by atoms with Crippen LogP contribution in [0, 0.1) is 6.92 Å². The van der Waals surface area contributed by atoms with Crippen molar-refractivity contribution in [2.75, 3.05) is 26.2 Å². The molecule has 2 amide bonds. The summed E-state index contributed by atoms with van der Waals surface area (Å²) in [5.41, 5.74) is 0.833. The molecule has 0 N–H and O–H groups in total. The number of carbonyl (C=O) groups excluding carboxylic acids is 3. The largest absolute Gasteiger partial charge is 0.462 e. The molecule has 8 heteroatoms. The molecule has 0 saturated carbocycles. The minimum atomic E-state index is -0.560. The first-order valence-electron chi connectivity index (χ1n) is 13.0. The number of esters is 1. The molecule has 1 aliphatic heterocycles. The summed E-state index contributed by atoms with van der Waals surface area (Å²) in [5, 5.41) is 0. The second-order valence-corrected chi connectivity index (χ2v) is 9.12. The number of aromatic nitrogens is 2. The van der Waals surface area contributed by atoms with Gasteiger partial charge in [0.25, 0.3) is 5.91 Å². The average molecular weight is 475 g/mol. The normalized spacial score (nSPS) is 16.0. The molecule has 1 aromatic heterocycles. The van der Waals surface area contributed by atoms with Gasteiger partial charge >= 0.3 is 5.97 Å². The first-order chi connectivity index (χ1) is 16.3. The first kappa shape index (κ1) is 27.7. The number of aryl methyl sites for hydroxylation is 2. The fraction of sp³-hybridized carbons (Fsp3) is 0.731. The zero-order valence-electron chi connectivity index (χ0n) is 21.7. The molecule has 1 unspecified atom stereocenters. The van der Waals surface area contributed by atoms with Crippen LogP contribution in [-0.2, 0) is 16.0 Å². The smallest absolute Gasteiger partial charge is 0.342 e. The molecule has 1 fully saturated rings. The van der Waals surface area contributed by atoms with E-state index in [1.54, 1.807) is 18.7 Å². The molecule has 0 radical (unpaired) electrons. The lowest BCUT2D eigenvalue weighted by Gasteiger charge is -2.40. The van der Waals surface area contributed by atoms with Crippen molar-refractivity contribution in [2.45, 2.75) is 98.4 Å². The van der Waals surface area contributed by atoms with Crippen LogP contribution in [0.15, 0.2) is 0 Å². The Kier molecular flexibility index (Phi) is 11.4. The highest BCUT2D eigenvalue weighted by molar-refractivity contribution is 6.04. The molecule has 2 heterocycles. The number of hydrogen-bond acceptors (Lipinski definition) is 6. The predicted molar refractivity (Wildman–Crippen MR) is 132 cm³/mol. The lowest BCUT2D eigenvalue weighted by atomic mass is 10.0. The quantitative estimate of drug-likeness (QED) is 0.331. The van der Waals surface area contributed by atoms with E-state index < -0.39 is 5.97 Å². The maximum absolute atomic E-state index is 13.5. The Labute approximate surface area is 204 Å². The highest BCUT2D eigenvalue weighted by Crippen LogP contribution is 2.20. The monoisotopic (exact) mass is 474 g/mol. The maximum atomic E-state index is 13.5. The van der Waals surface area contributed by atoms with Crippen LogP contribution >= 0.6 is 0 Å². The molecule has 1 atom stereocenters. The van der Waals surface area contributed by atoms with Crippen molar-refractivity contribution in [1.29, 1.82) is 0 Å². The van der Waals surface area contributed by atoms with Gasteiger partial charge in [0.1, 0.15) is 17.1 Å². The predicted octanol–water partition coefficient (Wildman–Crippen LogP) is 4.34. The number of unbranched alkanes of at least 4 members (excludes halogenated alkanes) is 5. The van der Waals surface area contributed by atoms with Gasteiger partial charge < -0.3 is 14.5 Å². The zero-order valence-corrected chi connectivity index (χ0v) is 21.7. The minimum Gasteiger partial charge on any atom is -0.462 e. The minimum absolute atomic E-state index is 0.0885. The van der Waals surface area contributed by atoms with Crippen molar-refractivity contribution in [2.24, 2.45) is 0 Å². The Morgan fingerprint density at radius 1 is 0.971 bits per heavy atom. The van der Waals surface area contributed by atoms with Crippen LogP contribution in [-0.4, -0.2) is 69.8 Å². The highest BCUT2D eigenvalue weighted by atomic mass is 16.5. The summed E-state index contributed by atoms with van der Waals surface area (Å²) in [6.45, 7) is 11.2. The van der Waals surface area contributed by atoms with Gasteiger partial charge in [0, 0.05) is 32.1 Å². The number of rotatable bonds is 12. The number of hydrogen-bond donors (Lipinski definition) is 0. The Morgan fingerprint density at radius 3 is 2.32 bits per heavy atom.